The zero-order chi connectivity index (χ0) is 14.8. The monoisotopic (exact) mass is 278 g/mol. The van der Waals surface area contributed by atoms with Crippen molar-refractivity contribution in [3.63, 3.8) is 0 Å². The molecule has 0 aliphatic carbocycles. The molecule has 0 aromatic heterocycles. The lowest BCUT2D eigenvalue weighted by Gasteiger charge is -2.28. The Morgan fingerprint density at radius 2 is 2.30 bits per heavy atom. The van der Waals surface area contributed by atoms with Crippen molar-refractivity contribution in [3.05, 3.63) is 23.8 Å². The Balaban J connectivity index is 2.07. The van der Waals surface area contributed by atoms with Gasteiger partial charge < -0.3 is 20.1 Å². The lowest BCUT2D eigenvalue weighted by Crippen LogP contribution is -2.41. The minimum Gasteiger partial charge on any atom is -0.504 e. The van der Waals surface area contributed by atoms with E-state index in [1.807, 2.05) is 14.0 Å². The van der Waals surface area contributed by atoms with Gasteiger partial charge in [0, 0.05) is 20.1 Å². The lowest BCUT2D eigenvalue weighted by atomic mass is 9.88. The molecular formula is C15H22N2O3. The van der Waals surface area contributed by atoms with E-state index in [0.717, 1.165) is 25.1 Å². The van der Waals surface area contributed by atoms with E-state index >= 15 is 0 Å². The summed E-state index contributed by atoms with van der Waals surface area (Å²) in [5.41, 5.74) is 0.625. The molecule has 20 heavy (non-hydrogen) atoms. The van der Waals surface area contributed by atoms with E-state index in [1.54, 1.807) is 23.1 Å². The number of hydrogen-bond acceptors (Lipinski definition) is 4. The third-order valence-corrected chi connectivity index (χ3v) is 3.90. The lowest BCUT2D eigenvalue weighted by molar-refractivity contribution is -0.139. The molecule has 1 amide bonds. The number of rotatable bonds is 4. The summed E-state index contributed by atoms with van der Waals surface area (Å²) in [6.07, 6.45) is 0.870. The summed E-state index contributed by atoms with van der Waals surface area (Å²) in [5.74, 6) is 0.684. The summed E-state index contributed by atoms with van der Waals surface area (Å²) in [4.78, 5) is 14.2. The zero-order valence-corrected chi connectivity index (χ0v) is 12.3. The summed E-state index contributed by atoms with van der Waals surface area (Å²) >= 11 is 0. The molecule has 1 aromatic rings. The van der Waals surface area contributed by atoms with Crippen molar-refractivity contribution in [2.45, 2.75) is 19.9 Å². The van der Waals surface area contributed by atoms with E-state index in [9.17, 15) is 9.90 Å². The van der Waals surface area contributed by atoms with Crippen molar-refractivity contribution in [2.75, 3.05) is 27.2 Å². The molecule has 1 aromatic carbocycles. The summed E-state index contributed by atoms with van der Waals surface area (Å²) in [7, 11) is 3.32. The number of amides is 1. The van der Waals surface area contributed by atoms with Crippen LogP contribution in [0.2, 0.25) is 0 Å². The first-order valence-electron chi connectivity index (χ1n) is 6.78. The fourth-order valence-corrected chi connectivity index (χ4v) is 2.63. The second-order valence-electron chi connectivity index (χ2n) is 5.65. The molecule has 1 atom stereocenters. The average Bonchev–Trinajstić information content (AvgIpc) is 2.88. The van der Waals surface area contributed by atoms with Crippen molar-refractivity contribution in [1.29, 1.82) is 0 Å². The topological polar surface area (TPSA) is 61.8 Å². The van der Waals surface area contributed by atoms with Crippen molar-refractivity contribution in [2.24, 2.45) is 5.41 Å². The van der Waals surface area contributed by atoms with Crippen LogP contribution in [0.3, 0.4) is 0 Å². The molecule has 1 aliphatic rings. The Hall–Kier alpha value is -1.75. The SMILES string of the molecule is COc1cc(CN(C)C(=O)C2(C)CCNC2)ccc1O. The summed E-state index contributed by atoms with van der Waals surface area (Å²) in [5, 5.41) is 12.8. The molecule has 0 saturated carbocycles. The quantitative estimate of drug-likeness (QED) is 0.873. The van der Waals surface area contributed by atoms with Crippen LogP contribution in [0, 0.1) is 5.41 Å². The van der Waals surface area contributed by atoms with E-state index in [2.05, 4.69) is 5.32 Å². The number of phenolic OH excluding ortho intramolecular Hbond substituents is 1. The molecule has 1 fully saturated rings. The molecule has 1 saturated heterocycles. The van der Waals surface area contributed by atoms with Gasteiger partial charge in [-0.2, -0.15) is 0 Å². The van der Waals surface area contributed by atoms with Crippen molar-refractivity contribution in [3.8, 4) is 11.5 Å². The molecule has 0 spiro atoms. The molecule has 2 rings (SSSR count). The van der Waals surface area contributed by atoms with Gasteiger partial charge in [-0.1, -0.05) is 6.07 Å². The molecule has 5 nitrogen and oxygen atoms in total. The van der Waals surface area contributed by atoms with Gasteiger partial charge >= 0.3 is 0 Å². The highest BCUT2D eigenvalue weighted by molar-refractivity contribution is 5.82. The molecular weight excluding hydrogens is 256 g/mol. The van der Waals surface area contributed by atoms with E-state index in [4.69, 9.17) is 4.74 Å². The molecule has 0 radical (unpaired) electrons. The molecule has 110 valence electrons. The molecule has 2 N–H and O–H groups in total. The number of aromatic hydroxyl groups is 1. The molecule has 1 aliphatic heterocycles. The number of methoxy groups -OCH3 is 1. The fraction of sp³-hybridized carbons (Fsp3) is 0.533. The predicted molar refractivity (Wildman–Crippen MR) is 76.7 cm³/mol. The number of nitrogens with zero attached hydrogens (tertiary/aromatic N) is 1. The highest BCUT2D eigenvalue weighted by Gasteiger charge is 2.38. The van der Waals surface area contributed by atoms with Crippen LogP contribution in [-0.4, -0.2) is 43.2 Å². The highest BCUT2D eigenvalue weighted by atomic mass is 16.5. The van der Waals surface area contributed by atoms with Crippen LogP contribution >= 0.6 is 0 Å². The average molecular weight is 278 g/mol. The third kappa shape index (κ3) is 2.88. The second kappa shape index (κ2) is 5.71. The van der Waals surface area contributed by atoms with Crippen molar-refractivity contribution < 1.29 is 14.6 Å². The van der Waals surface area contributed by atoms with Gasteiger partial charge in [0.25, 0.3) is 0 Å². The third-order valence-electron chi connectivity index (χ3n) is 3.90. The smallest absolute Gasteiger partial charge is 0.229 e. The van der Waals surface area contributed by atoms with E-state index < -0.39 is 0 Å². The number of hydrogen-bond donors (Lipinski definition) is 2. The maximum atomic E-state index is 12.5. The van der Waals surface area contributed by atoms with Crippen molar-refractivity contribution in [1.82, 2.24) is 10.2 Å². The molecule has 0 bridgehead atoms. The Morgan fingerprint density at radius 3 is 2.90 bits per heavy atom. The zero-order valence-electron chi connectivity index (χ0n) is 12.3. The van der Waals surface area contributed by atoms with Crippen LogP contribution in [0.15, 0.2) is 18.2 Å². The number of nitrogens with one attached hydrogen (secondary N) is 1. The first-order valence-corrected chi connectivity index (χ1v) is 6.78. The van der Waals surface area contributed by atoms with Gasteiger partial charge in [0.1, 0.15) is 0 Å². The summed E-state index contributed by atoms with van der Waals surface area (Å²) in [6.45, 7) is 4.13. The maximum absolute atomic E-state index is 12.5. The van der Waals surface area contributed by atoms with Crippen molar-refractivity contribution >= 4 is 5.91 Å². The minimum absolute atomic E-state index is 0.109. The Kier molecular flexibility index (Phi) is 4.18. The van der Waals surface area contributed by atoms with Gasteiger partial charge in [-0.3, -0.25) is 4.79 Å². The first-order chi connectivity index (χ1) is 9.46. The van der Waals surface area contributed by atoms with Crippen LogP contribution in [0.4, 0.5) is 0 Å². The Labute approximate surface area is 119 Å². The van der Waals surface area contributed by atoms with Crippen LogP contribution < -0.4 is 10.1 Å². The number of carbonyl (C=O) groups is 1. The summed E-state index contributed by atoms with van der Waals surface area (Å²) < 4.78 is 5.08. The van der Waals surface area contributed by atoms with E-state index in [-0.39, 0.29) is 17.1 Å². The maximum Gasteiger partial charge on any atom is 0.229 e. The number of phenols is 1. The molecule has 1 heterocycles. The van der Waals surface area contributed by atoms with Gasteiger partial charge in [-0.25, -0.2) is 0 Å². The van der Waals surface area contributed by atoms with Gasteiger partial charge in [0.15, 0.2) is 11.5 Å². The largest absolute Gasteiger partial charge is 0.504 e. The standard InChI is InChI=1S/C15H22N2O3/c1-15(6-7-16-10-15)14(19)17(2)9-11-4-5-12(18)13(8-11)20-3/h4-5,8,16,18H,6-7,9-10H2,1-3H3. The molecule has 1 unspecified atom stereocenters. The van der Waals surface area contributed by atoms with Crippen LogP contribution in [0.25, 0.3) is 0 Å². The van der Waals surface area contributed by atoms with E-state index in [0.29, 0.717) is 12.3 Å². The fourth-order valence-electron chi connectivity index (χ4n) is 2.63. The Bertz CT molecular complexity index is 496. The Morgan fingerprint density at radius 1 is 1.55 bits per heavy atom. The normalized spacial score (nSPS) is 21.8. The second-order valence-corrected chi connectivity index (χ2v) is 5.65. The first kappa shape index (κ1) is 14.7. The van der Waals surface area contributed by atoms with Gasteiger partial charge in [-0.05, 0) is 37.6 Å². The minimum atomic E-state index is -0.310. The summed E-state index contributed by atoms with van der Waals surface area (Å²) in [6, 6.07) is 5.15. The number of carbonyl (C=O) groups excluding carboxylic acids is 1. The van der Waals surface area contributed by atoms with Gasteiger partial charge in [0.05, 0.1) is 12.5 Å². The van der Waals surface area contributed by atoms with Crippen LogP contribution in [0.1, 0.15) is 18.9 Å². The van der Waals surface area contributed by atoms with Gasteiger partial charge in [-0.15, -0.1) is 0 Å². The van der Waals surface area contributed by atoms with E-state index in [1.165, 1.54) is 7.11 Å². The predicted octanol–water partition coefficient (Wildman–Crippen LogP) is 1.36. The number of benzene rings is 1. The number of ether oxygens (including phenoxy) is 1. The van der Waals surface area contributed by atoms with Gasteiger partial charge in [0.2, 0.25) is 5.91 Å². The van der Waals surface area contributed by atoms with Crippen LogP contribution in [0.5, 0.6) is 11.5 Å². The van der Waals surface area contributed by atoms with Crippen LogP contribution in [-0.2, 0) is 11.3 Å². The highest BCUT2D eigenvalue weighted by Crippen LogP contribution is 2.29. The molecule has 5 heteroatoms.